The van der Waals surface area contributed by atoms with E-state index in [0.717, 1.165) is 31.2 Å². The summed E-state index contributed by atoms with van der Waals surface area (Å²) in [6.45, 7) is 9.14. The zero-order valence-corrected chi connectivity index (χ0v) is 29.1. The van der Waals surface area contributed by atoms with Crippen LogP contribution in [0.5, 0.6) is 5.75 Å². The molecule has 5 amide bonds. The molecular formula is C37H53N5O6. The second-order valence-corrected chi connectivity index (χ2v) is 13.4. The van der Waals surface area contributed by atoms with Crippen LogP contribution >= 0.6 is 0 Å². The predicted octanol–water partition coefficient (Wildman–Crippen LogP) is 3.62. The van der Waals surface area contributed by atoms with Gasteiger partial charge in [-0.05, 0) is 48.8 Å². The molecule has 4 N–H and O–H groups in total. The Morgan fingerprint density at radius 2 is 1.54 bits per heavy atom. The van der Waals surface area contributed by atoms with Crippen molar-refractivity contribution >= 4 is 29.5 Å². The molecule has 0 radical (unpaired) electrons. The first-order chi connectivity index (χ1) is 22.9. The lowest BCUT2D eigenvalue weighted by atomic mass is 10.0. The fourth-order valence-corrected chi connectivity index (χ4v) is 5.48. The molecular weight excluding hydrogens is 610 g/mol. The molecule has 11 heteroatoms. The van der Waals surface area contributed by atoms with Crippen molar-refractivity contribution in [1.82, 2.24) is 26.2 Å². The number of hydrogen-bond donors (Lipinski definition) is 4. The summed E-state index contributed by atoms with van der Waals surface area (Å²) in [6.07, 6.45) is 3.48. The van der Waals surface area contributed by atoms with Crippen LogP contribution in [0, 0.1) is 11.8 Å². The van der Waals surface area contributed by atoms with Crippen LogP contribution in [0.3, 0.4) is 0 Å². The standard InChI is InChI=1S/C37H53N5O6/c1-25(2)21-31-37(47)42(5)19-13-6-7-14-20-48-32-18-12-11-17-28(32)34(44)40-30(35(45)38-24-26(3)4)23-33(43)39-29(36(46)41-31)22-27-15-9-8-10-16-27/h8-12,15-18,25-26,29-31H,6-7,13-14,19-24H2,1-5H3,(H,38,45)(H,39,43)(H,40,44)(H,41,46)/t29-,30-,31-/m0/s1. The van der Waals surface area contributed by atoms with Crippen LogP contribution in [0.15, 0.2) is 54.6 Å². The first kappa shape index (κ1) is 38.0. The molecule has 3 atom stereocenters. The van der Waals surface area contributed by atoms with Crippen LogP contribution in [0.4, 0.5) is 0 Å². The zero-order chi connectivity index (χ0) is 35.1. The smallest absolute Gasteiger partial charge is 0.255 e. The lowest BCUT2D eigenvalue weighted by Gasteiger charge is -2.28. The number of fused-ring (bicyclic) bond motifs is 1. The van der Waals surface area contributed by atoms with E-state index in [-0.39, 0.29) is 29.7 Å². The zero-order valence-electron chi connectivity index (χ0n) is 29.1. The van der Waals surface area contributed by atoms with E-state index in [1.165, 1.54) is 0 Å². The summed E-state index contributed by atoms with van der Waals surface area (Å²) >= 11 is 0. The van der Waals surface area contributed by atoms with E-state index in [1.54, 1.807) is 36.2 Å². The van der Waals surface area contributed by atoms with Crippen LogP contribution in [0.2, 0.25) is 0 Å². The number of nitrogens with one attached hydrogen (secondary N) is 4. The molecule has 11 nitrogen and oxygen atoms in total. The highest BCUT2D eigenvalue weighted by Gasteiger charge is 2.31. The van der Waals surface area contributed by atoms with Crippen LogP contribution < -0.4 is 26.0 Å². The number of rotatable bonds is 7. The number of carbonyl (C=O) groups is 5. The number of carbonyl (C=O) groups excluding carboxylic acids is 5. The van der Waals surface area contributed by atoms with E-state index in [1.807, 2.05) is 58.0 Å². The van der Waals surface area contributed by atoms with Gasteiger partial charge in [0.1, 0.15) is 23.9 Å². The molecule has 0 saturated carbocycles. The molecule has 0 unspecified atom stereocenters. The third-order valence-electron chi connectivity index (χ3n) is 8.11. The molecule has 0 aromatic heterocycles. The molecule has 2 aromatic carbocycles. The summed E-state index contributed by atoms with van der Waals surface area (Å²) in [7, 11) is 1.75. The van der Waals surface area contributed by atoms with Crippen molar-refractivity contribution in [2.24, 2.45) is 11.8 Å². The minimum atomic E-state index is -1.22. The van der Waals surface area contributed by atoms with Gasteiger partial charge in [0.15, 0.2) is 0 Å². The summed E-state index contributed by atoms with van der Waals surface area (Å²) in [4.78, 5) is 69.5. The number of likely N-dealkylation sites (N-methyl/N-ethyl adjacent to an activating group) is 1. The lowest BCUT2D eigenvalue weighted by Crippen LogP contribution is -2.56. The Morgan fingerprint density at radius 1 is 0.854 bits per heavy atom. The largest absolute Gasteiger partial charge is 0.493 e. The molecule has 0 bridgehead atoms. The second-order valence-electron chi connectivity index (χ2n) is 13.4. The van der Waals surface area contributed by atoms with Gasteiger partial charge in [-0.15, -0.1) is 0 Å². The SMILES string of the molecule is CC(C)CNC(=O)[C@@H]1CC(=O)N[C@@H](Cc2ccccc2)C(=O)N[C@@H](CC(C)C)C(=O)N(C)CCCCCCOc2ccccc2C(=O)N1. The molecule has 262 valence electrons. The number of amides is 5. The maximum absolute atomic E-state index is 13.8. The van der Waals surface area contributed by atoms with Crippen molar-refractivity contribution in [1.29, 1.82) is 0 Å². The van der Waals surface area contributed by atoms with Gasteiger partial charge in [-0.3, -0.25) is 24.0 Å². The predicted molar refractivity (Wildman–Crippen MR) is 185 cm³/mol. The Kier molecular flexibility index (Phi) is 15.4. The fourth-order valence-electron chi connectivity index (χ4n) is 5.48. The topological polar surface area (TPSA) is 146 Å². The molecule has 1 aliphatic rings. The molecule has 2 aromatic rings. The Bertz CT molecular complexity index is 1370. The van der Waals surface area contributed by atoms with Gasteiger partial charge < -0.3 is 30.9 Å². The Hall–Kier alpha value is -4.41. The number of nitrogens with zero attached hydrogens (tertiary/aromatic N) is 1. The monoisotopic (exact) mass is 663 g/mol. The van der Waals surface area contributed by atoms with E-state index in [0.29, 0.717) is 31.9 Å². The van der Waals surface area contributed by atoms with Crippen LogP contribution in [0.1, 0.15) is 82.1 Å². The third-order valence-corrected chi connectivity index (χ3v) is 8.11. The summed E-state index contributed by atoms with van der Waals surface area (Å²) in [5.41, 5.74) is 1.06. The molecule has 0 saturated heterocycles. The first-order valence-corrected chi connectivity index (χ1v) is 17.1. The summed E-state index contributed by atoms with van der Waals surface area (Å²) in [5.74, 6) is -1.70. The maximum Gasteiger partial charge on any atom is 0.255 e. The van der Waals surface area contributed by atoms with E-state index in [2.05, 4.69) is 21.3 Å². The Morgan fingerprint density at radius 3 is 2.25 bits per heavy atom. The van der Waals surface area contributed by atoms with Gasteiger partial charge in [0, 0.05) is 26.6 Å². The van der Waals surface area contributed by atoms with Crippen LogP contribution in [0.25, 0.3) is 0 Å². The number of para-hydroxylation sites is 1. The highest BCUT2D eigenvalue weighted by molar-refractivity contribution is 6.01. The molecule has 0 aliphatic carbocycles. The molecule has 1 heterocycles. The van der Waals surface area contributed by atoms with Crippen molar-refractivity contribution in [3.05, 3.63) is 65.7 Å². The number of hydrogen-bond acceptors (Lipinski definition) is 6. The van der Waals surface area contributed by atoms with Gasteiger partial charge in [0.25, 0.3) is 5.91 Å². The van der Waals surface area contributed by atoms with E-state index >= 15 is 0 Å². The normalized spacial score (nSPS) is 20.9. The maximum atomic E-state index is 13.8. The molecule has 0 spiro atoms. The highest BCUT2D eigenvalue weighted by atomic mass is 16.5. The van der Waals surface area contributed by atoms with Gasteiger partial charge in [-0.2, -0.15) is 0 Å². The molecule has 48 heavy (non-hydrogen) atoms. The quantitative estimate of drug-likeness (QED) is 0.356. The van der Waals surface area contributed by atoms with Gasteiger partial charge in [-0.25, -0.2) is 0 Å². The van der Waals surface area contributed by atoms with Crippen molar-refractivity contribution in [3.63, 3.8) is 0 Å². The van der Waals surface area contributed by atoms with Gasteiger partial charge in [0.2, 0.25) is 23.6 Å². The first-order valence-electron chi connectivity index (χ1n) is 17.1. The molecule has 3 rings (SSSR count). The fraction of sp³-hybridized carbons (Fsp3) is 0.541. The average molecular weight is 664 g/mol. The summed E-state index contributed by atoms with van der Waals surface area (Å²) in [6, 6.07) is 13.0. The van der Waals surface area contributed by atoms with Crippen molar-refractivity contribution in [3.8, 4) is 5.75 Å². The van der Waals surface area contributed by atoms with E-state index in [9.17, 15) is 24.0 Å². The van der Waals surface area contributed by atoms with Crippen molar-refractivity contribution in [2.45, 2.75) is 90.8 Å². The second kappa shape index (κ2) is 19.4. The Balaban J connectivity index is 1.95. The van der Waals surface area contributed by atoms with Gasteiger partial charge in [-0.1, -0.05) is 83.0 Å². The minimum absolute atomic E-state index is 0.127. The highest BCUT2D eigenvalue weighted by Crippen LogP contribution is 2.19. The minimum Gasteiger partial charge on any atom is -0.493 e. The average Bonchev–Trinajstić information content (AvgIpc) is 3.05. The van der Waals surface area contributed by atoms with Crippen LogP contribution in [-0.2, 0) is 25.6 Å². The number of ether oxygens (including phenoxy) is 1. The molecule has 0 fully saturated rings. The third kappa shape index (κ3) is 12.7. The lowest BCUT2D eigenvalue weighted by molar-refractivity contribution is -0.137. The van der Waals surface area contributed by atoms with Crippen LogP contribution in [-0.4, -0.2) is 79.3 Å². The number of benzene rings is 2. The van der Waals surface area contributed by atoms with E-state index in [4.69, 9.17) is 4.74 Å². The Labute approximate surface area is 284 Å². The van der Waals surface area contributed by atoms with Gasteiger partial charge in [0.05, 0.1) is 18.6 Å². The molecule has 1 aliphatic heterocycles. The summed E-state index contributed by atoms with van der Waals surface area (Å²) < 4.78 is 5.97. The summed E-state index contributed by atoms with van der Waals surface area (Å²) in [5, 5.41) is 11.3. The van der Waals surface area contributed by atoms with Gasteiger partial charge >= 0.3 is 0 Å². The van der Waals surface area contributed by atoms with Crippen molar-refractivity contribution in [2.75, 3.05) is 26.7 Å². The van der Waals surface area contributed by atoms with Crippen molar-refractivity contribution < 1.29 is 28.7 Å². The van der Waals surface area contributed by atoms with E-state index < -0.39 is 48.2 Å².